The zero-order valence-corrected chi connectivity index (χ0v) is 20.7. The van der Waals surface area contributed by atoms with Crippen molar-refractivity contribution in [1.82, 2.24) is 20.1 Å². The van der Waals surface area contributed by atoms with Gasteiger partial charge in [-0.15, -0.1) is 10.2 Å². The standard InChI is InChI=1S/C25H22Cl2N4O2S/c1-33-14-13-28-24(32)18-11-9-17(10-12-18)16-34-25-30-29-23(21-7-2-3-8-22(21)27)31(25)20-6-4-5-19(26)15-20/h2-12,15H,13-14,16H2,1H3,(H,28,32). The van der Waals surface area contributed by atoms with Gasteiger partial charge in [-0.2, -0.15) is 0 Å². The smallest absolute Gasteiger partial charge is 0.251 e. The number of carbonyl (C=O) groups excluding carboxylic acids is 1. The summed E-state index contributed by atoms with van der Waals surface area (Å²) >= 11 is 14.3. The van der Waals surface area contributed by atoms with Gasteiger partial charge in [0, 0.05) is 35.6 Å². The fraction of sp³-hybridized carbons (Fsp3) is 0.160. The van der Waals surface area contributed by atoms with Crippen molar-refractivity contribution in [2.24, 2.45) is 0 Å². The largest absolute Gasteiger partial charge is 0.383 e. The van der Waals surface area contributed by atoms with Crippen LogP contribution in [0, 0.1) is 0 Å². The van der Waals surface area contributed by atoms with Crippen LogP contribution in [0.5, 0.6) is 0 Å². The maximum absolute atomic E-state index is 12.2. The number of hydrogen-bond donors (Lipinski definition) is 1. The lowest BCUT2D eigenvalue weighted by Gasteiger charge is -2.12. The van der Waals surface area contributed by atoms with Gasteiger partial charge < -0.3 is 10.1 Å². The van der Waals surface area contributed by atoms with Gasteiger partial charge in [-0.3, -0.25) is 9.36 Å². The number of nitrogens with zero attached hydrogens (tertiary/aromatic N) is 3. The van der Waals surface area contributed by atoms with Gasteiger partial charge in [0.15, 0.2) is 11.0 Å². The minimum absolute atomic E-state index is 0.124. The van der Waals surface area contributed by atoms with Gasteiger partial charge in [0.05, 0.1) is 17.3 Å². The first-order valence-corrected chi connectivity index (χ1v) is 12.3. The van der Waals surface area contributed by atoms with E-state index in [4.69, 9.17) is 27.9 Å². The molecule has 6 nitrogen and oxygen atoms in total. The molecule has 0 atom stereocenters. The first-order chi connectivity index (χ1) is 16.6. The van der Waals surface area contributed by atoms with Crippen LogP contribution in [0.3, 0.4) is 0 Å². The summed E-state index contributed by atoms with van der Waals surface area (Å²) in [4.78, 5) is 12.2. The first kappa shape index (κ1) is 24.3. The van der Waals surface area contributed by atoms with Crippen LogP contribution in [0.25, 0.3) is 17.1 Å². The minimum Gasteiger partial charge on any atom is -0.383 e. The molecular formula is C25H22Cl2N4O2S. The zero-order valence-electron chi connectivity index (χ0n) is 18.4. The van der Waals surface area contributed by atoms with Crippen molar-refractivity contribution < 1.29 is 9.53 Å². The van der Waals surface area contributed by atoms with E-state index in [1.165, 1.54) is 11.8 Å². The molecule has 1 amide bonds. The molecule has 0 fully saturated rings. The van der Waals surface area contributed by atoms with Crippen molar-refractivity contribution in [3.8, 4) is 17.1 Å². The molecule has 0 aliphatic rings. The van der Waals surface area contributed by atoms with Crippen molar-refractivity contribution in [3.05, 3.63) is 94.0 Å². The van der Waals surface area contributed by atoms with E-state index < -0.39 is 0 Å². The second kappa shape index (κ2) is 11.5. The number of aromatic nitrogens is 3. The maximum Gasteiger partial charge on any atom is 0.251 e. The number of methoxy groups -OCH3 is 1. The lowest BCUT2D eigenvalue weighted by atomic mass is 10.1. The highest BCUT2D eigenvalue weighted by Gasteiger charge is 2.18. The van der Waals surface area contributed by atoms with Crippen LogP contribution in [0.4, 0.5) is 0 Å². The Morgan fingerprint density at radius 1 is 1.03 bits per heavy atom. The summed E-state index contributed by atoms with van der Waals surface area (Å²) in [6.45, 7) is 0.948. The van der Waals surface area contributed by atoms with Crippen LogP contribution in [-0.2, 0) is 10.5 Å². The molecule has 1 N–H and O–H groups in total. The topological polar surface area (TPSA) is 69.0 Å². The Kier molecular flexibility index (Phi) is 8.24. The summed E-state index contributed by atoms with van der Waals surface area (Å²) in [6, 6.07) is 22.6. The van der Waals surface area contributed by atoms with E-state index in [9.17, 15) is 4.79 Å². The predicted octanol–water partition coefficient (Wildman–Crippen LogP) is 5.91. The summed E-state index contributed by atoms with van der Waals surface area (Å²) in [6.07, 6.45) is 0. The third kappa shape index (κ3) is 5.80. The lowest BCUT2D eigenvalue weighted by Crippen LogP contribution is -2.26. The second-order valence-corrected chi connectivity index (χ2v) is 9.12. The number of nitrogens with one attached hydrogen (secondary N) is 1. The van der Waals surface area contributed by atoms with Crippen LogP contribution in [0.2, 0.25) is 10.0 Å². The van der Waals surface area contributed by atoms with Gasteiger partial charge in [0.25, 0.3) is 5.91 Å². The zero-order chi connectivity index (χ0) is 23.9. The molecule has 0 radical (unpaired) electrons. The molecule has 0 unspecified atom stereocenters. The molecule has 0 spiro atoms. The van der Waals surface area contributed by atoms with Gasteiger partial charge in [0.2, 0.25) is 0 Å². The van der Waals surface area contributed by atoms with Gasteiger partial charge in [0.1, 0.15) is 0 Å². The summed E-state index contributed by atoms with van der Waals surface area (Å²) in [5.41, 5.74) is 3.29. The van der Waals surface area contributed by atoms with Gasteiger partial charge in [-0.05, 0) is 48.0 Å². The molecule has 0 bridgehead atoms. The Morgan fingerprint density at radius 2 is 1.82 bits per heavy atom. The molecule has 0 saturated carbocycles. The van der Waals surface area contributed by atoms with Crippen molar-refractivity contribution in [2.75, 3.05) is 20.3 Å². The number of ether oxygens (including phenoxy) is 1. The third-order valence-corrected chi connectivity index (χ3v) is 6.56. The van der Waals surface area contributed by atoms with Crippen molar-refractivity contribution >= 4 is 40.9 Å². The molecule has 174 valence electrons. The van der Waals surface area contributed by atoms with Gasteiger partial charge in [-0.1, -0.05) is 65.3 Å². The number of thioether (sulfide) groups is 1. The normalized spacial score (nSPS) is 10.9. The van der Waals surface area contributed by atoms with Gasteiger partial charge in [-0.25, -0.2) is 0 Å². The Hall–Kier alpha value is -2.84. The highest BCUT2D eigenvalue weighted by atomic mass is 35.5. The fourth-order valence-electron chi connectivity index (χ4n) is 3.30. The monoisotopic (exact) mass is 512 g/mol. The lowest BCUT2D eigenvalue weighted by molar-refractivity contribution is 0.0937. The maximum atomic E-state index is 12.2. The quantitative estimate of drug-likeness (QED) is 0.223. The van der Waals surface area contributed by atoms with Crippen LogP contribution >= 0.6 is 35.0 Å². The fourth-order valence-corrected chi connectivity index (χ4v) is 4.61. The molecule has 4 aromatic rings. The van der Waals surface area contributed by atoms with Crippen LogP contribution in [-0.4, -0.2) is 40.9 Å². The van der Waals surface area contributed by atoms with E-state index in [0.717, 1.165) is 16.8 Å². The van der Waals surface area contributed by atoms with Crippen molar-refractivity contribution in [3.63, 3.8) is 0 Å². The van der Waals surface area contributed by atoms with Crippen LogP contribution in [0.1, 0.15) is 15.9 Å². The molecule has 34 heavy (non-hydrogen) atoms. The molecule has 0 aliphatic carbocycles. The Morgan fingerprint density at radius 3 is 2.56 bits per heavy atom. The number of carbonyl (C=O) groups is 1. The Labute approximate surface area is 212 Å². The summed E-state index contributed by atoms with van der Waals surface area (Å²) in [5, 5.41) is 13.6. The van der Waals surface area contributed by atoms with Gasteiger partial charge >= 0.3 is 0 Å². The molecule has 0 saturated heterocycles. The van der Waals surface area contributed by atoms with Crippen LogP contribution < -0.4 is 5.32 Å². The van der Waals surface area contributed by atoms with E-state index in [2.05, 4.69) is 15.5 Å². The minimum atomic E-state index is -0.124. The number of benzene rings is 3. The molecule has 1 heterocycles. The van der Waals surface area contributed by atoms with Crippen molar-refractivity contribution in [2.45, 2.75) is 10.9 Å². The Balaban J connectivity index is 1.57. The first-order valence-electron chi connectivity index (χ1n) is 10.5. The Bertz CT molecular complexity index is 1280. The van der Waals surface area contributed by atoms with E-state index >= 15 is 0 Å². The van der Waals surface area contributed by atoms with E-state index in [0.29, 0.717) is 45.5 Å². The summed E-state index contributed by atoms with van der Waals surface area (Å²) in [7, 11) is 1.60. The number of hydrogen-bond acceptors (Lipinski definition) is 5. The predicted molar refractivity (Wildman–Crippen MR) is 137 cm³/mol. The summed E-state index contributed by atoms with van der Waals surface area (Å²) in [5.74, 6) is 1.16. The molecule has 4 rings (SSSR count). The summed E-state index contributed by atoms with van der Waals surface area (Å²) < 4.78 is 6.91. The van der Waals surface area contributed by atoms with Crippen molar-refractivity contribution in [1.29, 1.82) is 0 Å². The third-order valence-electron chi connectivity index (χ3n) is 4.99. The number of halogens is 2. The molecule has 3 aromatic carbocycles. The average molecular weight is 513 g/mol. The molecular weight excluding hydrogens is 491 g/mol. The van der Waals surface area contributed by atoms with E-state index in [1.807, 2.05) is 77.4 Å². The number of amides is 1. The second-order valence-electron chi connectivity index (χ2n) is 7.34. The average Bonchev–Trinajstić information content (AvgIpc) is 3.27. The molecule has 0 aliphatic heterocycles. The van der Waals surface area contributed by atoms with E-state index in [-0.39, 0.29) is 5.91 Å². The molecule has 1 aromatic heterocycles. The highest BCUT2D eigenvalue weighted by molar-refractivity contribution is 7.98. The number of rotatable bonds is 9. The SMILES string of the molecule is COCCNC(=O)c1ccc(CSc2nnc(-c3ccccc3Cl)n2-c2cccc(Cl)c2)cc1. The van der Waals surface area contributed by atoms with E-state index in [1.54, 1.807) is 7.11 Å². The molecule has 9 heteroatoms. The highest BCUT2D eigenvalue weighted by Crippen LogP contribution is 2.33. The van der Waals surface area contributed by atoms with Crippen LogP contribution in [0.15, 0.2) is 78.0 Å².